The van der Waals surface area contributed by atoms with Gasteiger partial charge in [0.25, 0.3) is 5.91 Å². The smallest absolute Gasteiger partial charge is 0.257 e. The van der Waals surface area contributed by atoms with Crippen molar-refractivity contribution < 1.29 is 9.18 Å². The number of halogens is 2. The van der Waals surface area contributed by atoms with Crippen molar-refractivity contribution in [1.82, 2.24) is 10.6 Å². The quantitative estimate of drug-likeness (QED) is 0.689. The van der Waals surface area contributed by atoms with Crippen LogP contribution in [0.3, 0.4) is 0 Å². The SMILES string of the molecule is Cl.O=C(NC1=N[C@@H](c2ccccc2)[C@@H](c2ccccc2)N1)c1ccc(F)cc1. The molecule has 0 aromatic heterocycles. The van der Waals surface area contributed by atoms with Crippen LogP contribution in [0.2, 0.25) is 0 Å². The molecule has 1 aliphatic rings. The molecular formula is C22H19ClFN3O. The van der Waals surface area contributed by atoms with Gasteiger partial charge >= 0.3 is 0 Å². The highest BCUT2D eigenvalue weighted by Crippen LogP contribution is 2.35. The minimum atomic E-state index is -0.379. The number of guanidine groups is 1. The van der Waals surface area contributed by atoms with Gasteiger partial charge in [-0.3, -0.25) is 10.1 Å². The van der Waals surface area contributed by atoms with Crippen molar-refractivity contribution in [3.63, 3.8) is 0 Å². The lowest BCUT2D eigenvalue weighted by Gasteiger charge is -2.19. The Morgan fingerprint density at radius 1 is 0.857 bits per heavy atom. The van der Waals surface area contributed by atoms with E-state index in [1.807, 2.05) is 60.7 Å². The first kappa shape index (κ1) is 19.6. The van der Waals surface area contributed by atoms with E-state index in [0.717, 1.165) is 11.1 Å². The third-order valence-corrected chi connectivity index (χ3v) is 4.51. The summed E-state index contributed by atoms with van der Waals surface area (Å²) < 4.78 is 13.1. The molecule has 3 aromatic rings. The van der Waals surface area contributed by atoms with Crippen LogP contribution < -0.4 is 10.6 Å². The predicted molar refractivity (Wildman–Crippen MR) is 110 cm³/mol. The number of hydrogen-bond acceptors (Lipinski definition) is 3. The number of nitrogens with zero attached hydrogens (tertiary/aromatic N) is 1. The molecule has 3 aromatic carbocycles. The lowest BCUT2D eigenvalue weighted by molar-refractivity contribution is 0.0976. The molecule has 0 saturated carbocycles. The fraction of sp³-hybridized carbons (Fsp3) is 0.0909. The summed E-state index contributed by atoms with van der Waals surface area (Å²) in [6, 6.07) is 25.1. The van der Waals surface area contributed by atoms with Crippen molar-refractivity contribution in [1.29, 1.82) is 0 Å². The standard InChI is InChI=1S/C22H18FN3O.ClH/c23-18-13-11-17(12-14-18)21(27)26-22-24-19(15-7-3-1-4-8-15)20(25-22)16-9-5-2-6-10-16;/h1-14,19-20H,(H2,24,25,26,27);1H/t19-,20+;. The first-order valence-electron chi connectivity index (χ1n) is 8.72. The van der Waals surface area contributed by atoms with E-state index in [4.69, 9.17) is 4.99 Å². The summed E-state index contributed by atoms with van der Waals surface area (Å²) in [7, 11) is 0. The lowest BCUT2D eigenvalue weighted by atomic mass is 9.95. The Balaban J connectivity index is 0.00000225. The van der Waals surface area contributed by atoms with E-state index in [0.29, 0.717) is 11.5 Å². The lowest BCUT2D eigenvalue weighted by Crippen LogP contribution is -2.39. The second kappa shape index (κ2) is 8.67. The number of carbonyl (C=O) groups excluding carboxylic acids is 1. The van der Waals surface area contributed by atoms with Gasteiger partial charge in [-0.25, -0.2) is 9.38 Å². The van der Waals surface area contributed by atoms with Gasteiger partial charge in [0.2, 0.25) is 0 Å². The molecule has 2 N–H and O–H groups in total. The van der Waals surface area contributed by atoms with E-state index < -0.39 is 0 Å². The second-order valence-corrected chi connectivity index (χ2v) is 6.33. The van der Waals surface area contributed by atoms with Crippen LogP contribution in [0.4, 0.5) is 4.39 Å². The molecule has 0 aliphatic carbocycles. The molecule has 0 unspecified atom stereocenters. The Bertz CT molecular complexity index is 962. The number of nitrogens with one attached hydrogen (secondary N) is 2. The van der Waals surface area contributed by atoms with Gasteiger partial charge in [0, 0.05) is 5.56 Å². The van der Waals surface area contributed by atoms with Gasteiger partial charge in [-0.05, 0) is 35.4 Å². The molecule has 4 rings (SSSR count). The van der Waals surface area contributed by atoms with E-state index >= 15 is 0 Å². The number of hydrogen-bond donors (Lipinski definition) is 2. The molecule has 1 heterocycles. The number of carbonyl (C=O) groups is 1. The first-order valence-corrected chi connectivity index (χ1v) is 8.72. The van der Waals surface area contributed by atoms with Crippen LogP contribution in [0.25, 0.3) is 0 Å². The fourth-order valence-electron chi connectivity index (χ4n) is 3.17. The summed E-state index contributed by atoms with van der Waals surface area (Å²) >= 11 is 0. The van der Waals surface area contributed by atoms with Gasteiger partial charge in [0.1, 0.15) is 11.9 Å². The molecule has 28 heavy (non-hydrogen) atoms. The van der Waals surface area contributed by atoms with Crippen LogP contribution in [0.1, 0.15) is 33.6 Å². The first-order chi connectivity index (χ1) is 13.2. The zero-order chi connectivity index (χ0) is 18.6. The summed E-state index contributed by atoms with van der Waals surface area (Å²) in [5, 5.41) is 6.10. The molecule has 0 fully saturated rings. The third-order valence-electron chi connectivity index (χ3n) is 4.51. The normalized spacial score (nSPS) is 17.8. The molecule has 142 valence electrons. The summed E-state index contributed by atoms with van der Waals surface area (Å²) in [4.78, 5) is 17.1. The molecule has 0 radical (unpaired) electrons. The highest BCUT2D eigenvalue weighted by molar-refractivity contribution is 6.06. The minimum Gasteiger partial charge on any atom is -0.347 e. The Morgan fingerprint density at radius 2 is 1.43 bits per heavy atom. The maximum atomic E-state index is 13.1. The molecule has 4 nitrogen and oxygen atoms in total. The average Bonchev–Trinajstić information content (AvgIpc) is 3.13. The van der Waals surface area contributed by atoms with Crippen LogP contribution >= 0.6 is 12.4 Å². The molecule has 6 heteroatoms. The zero-order valence-electron chi connectivity index (χ0n) is 14.9. The van der Waals surface area contributed by atoms with E-state index in [9.17, 15) is 9.18 Å². The second-order valence-electron chi connectivity index (χ2n) is 6.33. The third kappa shape index (κ3) is 4.21. The van der Waals surface area contributed by atoms with Gasteiger partial charge in [0.15, 0.2) is 5.96 Å². The van der Waals surface area contributed by atoms with Crippen LogP contribution in [-0.2, 0) is 0 Å². The largest absolute Gasteiger partial charge is 0.347 e. The van der Waals surface area contributed by atoms with Crippen molar-refractivity contribution >= 4 is 24.3 Å². The minimum absolute atomic E-state index is 0. The molecule has 1 aliphatic heterocycles. The van der Waals surface area contributed by atoms with Crippen molar-refractivity contribution in [2.24, 2.45) is 4.99 Å². The molecule has 0 saturated heterocycles. The van der Waals surface area contributed by atoms with Crippen molar-refractivity contribution in [3.05, 3.63) is 107 Å². The highest BCUT2D eigenvalue weighted by Gasteiger charge is 2.31. The maximum absolute atomic E-state index is 13.1. The summed E-state index contributed by atoms with van der Waals surface area (Å²) in [5.41, 5.74) is 2.52. The number of rotatable bonds is 3. The van der Waals surface area contributed by atoms with Gasteiger partial charge in [-0.1, -0.05) is 60.7 Å². The van der Waals surface area contributed by atoms with Crippen LogP contribution in [0.15, 0.2) is 89.9 Å². The predicted octanol–water partition coefficient (Wildman–Crippen LogP) is 4.42. The Morgan fingerprint density at radius 3 is 2.04 bits per heavy atom. The van der Waals surface area contributed by atoms with E-state index in [1.165, 1.54) is 24.3 Å². The van der Waals surface area contributed by atoms with E-state index in [2.05, 4.69) is 10.6 Å². The van der Waals surface area contributed by atoms with Crippen LogP contribution in [0, 0.1) is 5.82 Å². The maximum Gasteiger partial charge on any atom is 0.257 e. The van der Waals surface area contributed by atoms with Gasteiger partial charge in [-0.15, -0.1) is 12.4 Å². The van der Waals surface area contributed by atoms with Crippen molar-refractivity contribution in [3.8, 4) is 0 Å². The topological polar surface area (TPSA) is 53.5 Å². The van der Waals surface area contributed by atoms with Gasteiger partial charge < -0.3 is 5.32 Å². The Labute approximate surface area is 168 Å². The monoisotopic (exact) mass is 395 g/mol. The van der Waals surface area contributed by atoms with E-state index in [-0.39, 0.29) is 36.2 Å². The number of benzene rings is 3. The zero-order valence-corrected chi connectivity index (χ0v) is 15.7. The number of amides is 1. The van der Waals surface area contributed by atoms with Crippen LogP contribution in [-0.4, -0.2) is 11.9 Å². The Kier molecular flexibility index (Phi) is 6.06. The summed E-state index contributed by atoms with van der Waals surface area (Å²) in [6.45, 7) is 0. The molecule has 0 spiro atoms. The Hall–Kier alpha value is -3.18. The van der Waals surface area contributed by atoms with Crippen molar-refractivity contribution in [2.45, 2.75) is 12.1 Å². The van der Waals surface area contributed by atoms with Gasteiger partial charge in [0.05, 0.1) is 6.04 Å². The average molecular weight is 396 g/mol. The highest BCUT2D eigenvalue weighted by atomic mass is 35.5. The van der Waals surface area contributed by atoms with E-state index in [1.54, 1.807) is 0 Å². The van der Waals surface area contributed by atoms with Crippen molar-refractivity contribution in [2.75, 3.05) is 0 Å². The fourth-order valence-corrected chi connectivity index (χ4v) is 3.17. The molecule has 2 atom stereocenters. The van der Waals surface area contributed by atoms with Gasteiger partial charge in [-0.2, -0.15) is 0 Å². The molecule has 1 amide bonds. The summed E-state index contributed by atoms with van der Waals surface area (Å²) in [6.07, 6.45) is 0. The molecular weight excluding hydrogens is 377 g/mol. The number of aliphatic imine (C=N–C) groups is 1. The van der Waals surface area contributed by atoms with Crippen LogP contribution in [0.5, 0.6) is 0 Å². The summed E-state index contributed by atoms with van der Waals surface area (Å²) in [5.74, 6) is -0.301. The molecule has 0 bridgehead atoms.